The molecule has 3 aromatic rings. The number of carbonyl (C=O) groups excluding carboxylic acids is 2. The number of amides is 2. The molecule has 1 aromatic heterocycles. The van der Waals surface area contributed by atoms with Crippen molar-refractivity contribution < 1.29 is 31.2 Å². The van der Waals surface area contributed by atoms with Gasteiger partial charge < -0.3 is 10.6 Å². The molecule has 2 heterocycles. The van der Waals surface area contributed by atoms with Crippen molar-refractivity contribution in [3.05, 3.63) is 70.7 Å². The van der Waals surface area contributed by atoms with Crippen LogP contribution in [0.2, 0.25) is 0 Å². The lowest BCUT2D eigenvalue weighted by Crippen LogP contribution is -2.53. The summed E-state index contributed by atoms with van der Waals surface area (Å²) in [6.07, 6.45) is 1.53. The molecular weight excluding hydrogens is 485 g/mol. The Morgan fingerprint density at radius 2 is 1.89 bits per heavy atom. The lowest BCUT2D eigenvalue weighted by molar-refractivity contribution is -0.113. The van der Waals surface area contributed by atoms with Gasteiger partial charge in [0.05, 0.1) is 12.1 Å². The Bertz CT molecular complexity index is 1500. The predicted molar refractivity (Wildman–Crippen MR) is 120 cm³/mol. The van der Waals surface area contributed by atoms with Gasteiger partial charge in [-0.25, -0.2) is 21.6 Å². The average molecular weight is 504 g/mol. The van der Waals surface area contributed by atoms with Gasteiger partial charge in [0.1, 0.15) is 34.6 Å². The van der Waals surface area contributed by atoms with Crippen LogP contribution in [0.1, 0.15) is 28.0 Å². The van der Waals surface area contributed by atoms with E-state index >= 15 is 0 Å². The van der Waals surface area contributed by atoms with Gasteiger partial charge in [-0.15, -0.1) is 0 Å². The molecule has 35 heavy (non-hydrogen) atoms. The summed E-state index contributed by atoms with van der Waals surface area (Å²) >= 11 is 0. The molecule has 1 aliphatic carbocycles. The highest BCUT2D eigenvalue weighted by Gasteiger charge is 2.48. The normalized spacial score (nSPS) is 18.8. The van der Waals surface area contributed by atoms with E-state index in [1.807, 2.05) is 0 Å². The fourth-order valence-electron chi connectivity index (χ4n) is 4.84. The maximum atomic E-state index is 14.8. The summed E-state index contributed by atoms with van der Waals surface area (Å²) in [6, 6.07) is 7.15. The zero-order chi connectivity index (χ0) is 25.1. The summed E-state index contributed by atoms with van der Waals surface area (Å²) in [5, 5.41) is 9.73. The number of nitrogens with one attached hydrogen (secondary N) is 2. The summed E-state index contributed by atoms with van der Waals surface area (Å²) in [4.78, 5) is 25.8. The number of hydrogen-bond acceptors (Lipinski definition) is 5. The van der Waals surface area contributed by atoms with E-state index in [2.05, 4.69) is 15.7 Å². The van der Waals surface area contributed by atoms with Gasteiger partial charge >= 0.3 is 0 Å². The molecule has 5 rings (SSSR count). The van der Waals surface area contributed by atoms with Crippen LogP contribution in [0.25, 0.3) is 11.3 Å². The molecule has 1 aliphatic heterocycles. The SMILES string of the molecule is CS(=O)(=O)CC(=O)Nc1c(-c2ccc(F)cc2)nn2c1C(=O)N[C@@]1(CCc3cc(F)cc(F)c31)C2. The lowest BCUT2D eigenvalue weighted by atomic mass is 9.89. The second-order valence-electron chi connectivity index (χ2n) is 8.81. The van der Waals surface area contributed by atoms with Crippen molar-refractivity contribution in [1.29, 1.82) is 0 Å². The van der Waals surface area contributed by atoms with Crippen LogP contribution in [0.15, 0.2) is 36.4 Å². The van der Waals surface area contributed by atoms with Gasteiger partial charge in [0, 0.05) is 23.4 Å². The van der Waals surface area contributed by atoms with Crippen molar-refractivity contribution in [1.82, 2.24) is 15.1 Å². The Hall–Kier alpha value is -3.67. The maximum absolute atomic E-state index is 14.8. The van der Waals surface area contributed by atoms with Crippen molar-refractivity contribution in [2.45, 2.75) is 24.9 Å². The van der Waals surface area contributed by atoms with Crippen LogP contribution >= 0.6 is 0 Å². The van der Waals surface area contributed by atoms with Gasteiger partial charge in [-0.1, -0.05) is 0 Å². The predicted octanol–water partition coefficient (Wildman–Crippen LogP) is 2.54. The fraction of sp³-hybridized carbons (Fsp3) is 0.261. The summed E-state index contributed by atoms with van der Waals surface area (Å²) in [7, 11) is -3.67. The third-order valence-corrected chi connectivity index (χ3v) is 6.94. The zero-order valence-corrected chi connectivity index (χ0v) is 19.2. The first-order valence-electron chi connectivity index (χ1n) is 10.6. The Balaban J connectivity index is 1.63. The minimum Gasteiger partial charge on any atom is -0.339 e. The largest absolute Gasteiger partial charge is 0.339 e. The molecule has 1 spiro atoms. The molecule has 12 heteroatoms. The van der Waals surface area contributed by atoms with Crippen molar-refractivity contribution in [2.24, 2.45) is 0 Å². The molecule has 2 aliphatic rings. The van der Waals surface area contributed by atoms with Gasteiger partial charge in [0.15, 0.2) is 15.5 Å². The summed E-state index contributed by atoms with van der Waals surface area (Å²) in [5.74, 6) is -4.39. The van der Waals surface area contributed by atoms with E-state index in [1.165, 1.54) is 35.0 Å². The first-order chi connectivity index (χ1) is 16.5. The Labute approximate surface area is 198 Å². The van der Waals surface area contributed by atoms with Crippen molar-refractivity contribution in [3.8, 4) is 11.3 Å². The number of benzene rings is 2. The Kier molecular flexibility index (Phi) is 5.24. The number of halogens is 3. The highest BCUT2D eigenvalue weighted by Crippen LogP contribution is 2.44. The highest BCUT2D eigenvalue weighted by molar-refractivity contribution is 7.91. The number of nitrogens with zero attached hydrogens (tertiary/aromatic N) is 2. The number of fused-ring (bicyclic) bond motifs is 3. The summed E-state index contributed by atoms with van der Waals surface area (Å²) in [6.45, 7) is -0.0141. The lowest BCUT2D eigenvalue weighted by Gasteiger charge is -2.36. The molecule has 1 atom stereocenters. The van der Waals surface area contributed by atoms with Crippen LogP contribution in [-0.4, -0.2) is 42.0 Å². The van der Waals surface area contributed by atoms with E-state index in [0.717, 1.165) is 12.3 Å². The molecule has 0 saturated heterocycles. The van der Waals surface area contributed by atoms with Gasteiger partial charge in [-0.3, -0.25) is 14.3 Å². The standard InChI is InChI=1S/C23H19F3N4O4S/c1-35(33,34)10-17(31)27-20-19(12-2-4-14(24)5-3-12)29-30-11-23(28-22(32)21(20)30)7-6-13-8-15(25)9-16(26)18(13)23/h2-5,8-9H,6-7,10-11H2,1H3,(H,27,31)(H,28,32)/t23-/m0/s1. The summed E-state index contributed by atoms with van der Waals surface area (Å²) in [5.41, 5.74) is -0.185. The number of aryl methyl sites for hydroxylation is 1. The van der Waals surface area contributed by atoms with Crippen LogP contribution in [0.3, 0.4) is 0 Å². The van der Waals surface area contributed by atoms with E-state index in [-0.39, 0.29) is 29.2 Å². The highest BCUT2D eigenvalue weighted by atomic mass is 32.2. The number of rotatable bonds is 4. The average Bonchev–Trinajstić information content (AvgIpc) is 3.26. The van der Waals surface area contributed by atoms with Gasteiger partial charge in [-0.2, -0.15) is 5.10 Å². The first-order valence-corrected chi connectivity index (χ1v) is 12.7. The second-order valence-corrected chi connectivity index (χ2v) is 11.0. The molecule has 2 amide bonds. The zero-order valence-electron chi connectivity index (χ0n) is 18.4. The number of hydrogen-bond donors (Lipinski definition) is 2. The van der Waals surface area contributed by atoms with E-state index in [9.17, 15) is 31.2 Å². The fourth-order valence-corrected chi connectivity index (χ4v) is 5.39. The molecule has 8 nitrogen and oxygen atoms in total. The second kappa shape index (κ2) is 7.94. The van der Waals surface area contributed by atoms with Crippen LogP contribution in [-0.2, 0) is 33.1 Å². The van der Waals surface area contributed by atoms with Crippen LogP contribution in [0.4, 0.5) is 18.9 Å². The Morgan fingerprint density at radius 1 is 1.17 bits per heavy atom. The topological polar surface area (TPSA) is 110 Å². The minimum absolute atomic E-state index is 0.0141. The van der Waals surface area contributed by atoms with Gasteiger partial charge in [-0.05, 0) is 48.7 Å². The van der Waals surface area contributed by atoms with Gasteiger partial charge in [0.2, 0.25) is 5.91 Å². The van der Waals surface area contributed by atoms with Crippen LogP contribution in [0, 0.1) is 17.5 Å². The molecular formula is C23H19F3N4O4S. The van der Waals surface area contributed by atoms with Crippen molar-refractivity contribution in [2.75, 3.05) is 17.3 Å². The monoisotopic (exact) mass is 504 g/mol. The van der Waals surface area contributed by atoms with E-state index < -0.39 is 50.4 Å². The molecule has 2 aromatic carbocycles. The van der Waals surface area contributed by atoms with Crippen LogP contribution < -0.4 is 10.6 Å². The third kappa shape index (κ3) is 4.07. The summed E-state index contributed by atoms with van der Waals surface area (Å²) < 4.78 is 66.6. The van der Waals surface area contributed by atoms with Crippen LogP contribution in [0.5, 0.6) is 0 Å². The smallest absolute Gasteiger partial charge is 0.272 e. The molecule has 0 bridgehead atoms. The molecule has 0 radical (unpaired) electrons. The Morgan fingerprint density at radius 3 is 2.57 bits per heavy atom. The van der Waals surface area contributed by atoms with E-state index in [0.29, 0.717) is 24.0 Å². The van der Waals surface area contributed by atoms with Crippen molar-refractivity contribution >= 4 is 27.3 Å². The molecule has 0 unspecified atom stereocenters. The molecule has 0 saturated carbocycles. The number of anilines is 1. The minimum atomic E-state index is -3.67. The van der Waals surface area contributed by atoms with Crippen molar-refractivity contribution in [3.63, 3.8) is 0 Å². The van der Waals surface area contributed by atoms with Gasteiger partial charge in [0.25, 0.3) is 5.91 Å². The van der Waals surface area contributed by atoms with E-state index in [4.69, 9.17) is 0 Å². The molecule has 2 N–H and O–H groups in total. The number of aromatic nitrogens is 2. The third-order valence-electron chi connectivity index (χ3n) is 6.15. The maximum Gasteiger partial charge on any atom is 0.272 e. The first kappa shape index (κ1) is 23.1. The molecule has 182 valence electrons. The molecule has 0 fully saturated rings. The quantitative estimate of drug-likeness (QED) is 0.568. The number of sulfone groups is 1. The number of carbonyl (C=O) groups is 2. The van der Waals surface area contributed by atoms with E-state index in [1.54, 1.807) is 0 Å².